The molecule has 0 aromatic rings. The van der Waals surface area contributed by atoms with E-state index in [-0.39, 0.29) is 11.6 Å². The van der Waals surface area contributed by atoms with E-state index in [0.717, 1.165) is 45.6 Å². The second kappa shape index (κ2) is 7.08. The molecule has 1 fully saturated rings. The Morgan fingerprint density at radius 3 is 2.33 bits per heavy atom. The molecule has 0 aliphatic carbocycles. The maximum atomic E-state index is 9.06. The van der Waals surface area contributed by atoms with Crippen LogP contribution in [0.5, 0.6) is 0 Å². The molecule has 0 aromatic carbocycles. The van der Waals surface area contributed by atoms with Crippen molar-refractivity contribution in [3.63, 3.8) is 0 Å². The maximum absolute atomic E-state index is 9.06. The lowest BCUT2D eigenvalue weighted by molar-refractivity contribution is 0.00243. The second-order valence-electron chi connectivity index (χ2n) is 5.64. The maximum Gasteiger partial charge on any atom is 0.0976 e. The molecule has 1 rings (SSSR count). The molecule has 4 nitrogen and oxygen atoms in total. The van der Waals surface area contributed by atoms with Gasteiger partial charge in [-0.1, -0.05) is 6.92 Å². The Labute approximate surface area is 112 Å². The normalized spacial score (nSPS) is 20.6. The third kappa shape index (κ3) is 4.56. The van der Waals surface area contributed by atoms with E-state index >= 15 is 0 Å². The van der Waals surface area contributed by atoms with Crippen LogP contribution in [0.3, 0.4) is 0 Å². The third-order valence-electron chi connectivity index (χ3n) is 3.97. The van der Waals surface area contributed by atoms with Gasteiger partial charge in [0.15, 0.2) is 0 Å². The molecule has 0 radical (unpaired) electrons. The molecular weight excluding hydrogens is 226 g/mol. The Hall–Kier alpha value is -0.630. The van der Waals surface area contributed by atoms with Crippen LogP contribution in [0.1, 0.15) is 33.6 Å². The van der Waals surface area contributed by atoms with Gasteiger partial charge in [-0.3, -0.25) is 4.90 Å². The lowest BCUT2D eigenvalue weighted by Crippen LogP contribution is -2.50. The summed E-state index contributed by atoms with van der Waals surface area (Å²) in [6.45, 7) is 11.6. The molecule has 104 valence electrons. The van der Waals surface area contributed by atoms with Crippen molar-refractivity contribution in [1.82, 2.24) is 9.80 Å². The van der Waals surface area contributed by atoms with Crippen molar-refractivity contribution in [2.45, 2.75) is 45.3 Å². The van der Waals surface area contributed by atoms with Crippen LogP contribution in [-0.4, -0.2) is 61.3 Å². The highest BCUT2D eigenvalue weighted by atomic mass is 16.5. The van der Waals surface area contributed by atoms with E-state index in [9.17, 15) is 0 Å². The van der Waals surface area contributed by atoms with Gasteiger partial charge >= 0.3 is 0 Å². The Morgan fingerprint density at radius 1 is 1.28 bits per heavy atom. The molecule has 1 aliphatic rings. The smallest absolute Gasteiger partial charge is 0.0976 e. The number of hydrogen-bond acceptors (Lipinski definition) is 4. The van der Waals surface area contributed by atoms with Gasteiger partial charge in [0.05, 0.1) is 17.7 Å². The fraction of sp³-hybridized carbons (Fsp3) is 0.929. The van der Waals surface area contributed by atoms with Crippen molar-refractivity contribution in [3.8, 4) is 6.07 Å². The van der Waals surface area contributed by atoms with E-state index < -0.39 is 0 Å². The van der Waals surface area contributed by atoms with E-state index in [4.69, 9.17) is 10.00 Å². The first kappa shape index (κ1) is 15.4. The summed E-state index contributed by atoms with van der Waals surface area (Å²) in [7, 11) is 1.77. The molecule has 1 heterocycles. The minimum atomic E-state index is -0.0320. The van der Waals surface area contributed by atoms with Crippen molar-refractivity contribution in [3.05, 3.63) is 0 Å². The quantitative estimate of drug-likeness (QED) is 0.722. The molecule has 0 aromatic heterocycles. The predicted octanol–water partition coefficient (Wildman–Crippen LogP) is 1.72. The van der Waals surface area contributed by atoms with Gasteiger partial charge in [-0.15, -0.1) is 0 Å². The first-order chi connectivity index (χ1) is 8.52. The molecule has 1 atom stereocenters. The molecule has 0 spiro atoms. The summed E-state index contributed by atoms with van der Waals surface area (Å²) in [4.78, 5) is 4.78. The lowest BCUT2D eigenvalue weighted by Gasteiger charge is -2.37. The predicted molar refractivity (Wildman–Crippen MR) is 73.4 cm³/mol. The topological polar surface area (TPSA) is 39.5 Å². The molecule has 0 amide bonds. The highest BCUT2D eigenvalue weighted by Gasteiger charge is 2.24. The summed E-state index contributed by atoms with van der Waals surface area (Å²) in [6.07, 6.45) is 1.98. The van der Waals surface area contributed by atoms with Gasteiger partial charge < -0.3 is 9.64 Å². The summed E-state index contributed by atoms with van der Waals surface area (Å²) < 4.78 is 5.44. The van der Waals surface area contributed by atoms with Gasteiger partial charge in [-0.25, -0.2) is 0 Å². The van der Waals surface area contributed by atoms with Gasteiger partial charge in [0, 0.05) is 39.8 Å². The molecule has 4 heteroatoms. The third-order valence-corrected chi connectivity index (χ3v) is 3.97. The number of nitrogens with zero attached hydrogens (tertiary/aromatic N) is 3. The Bertz CT molecular complexity index is 277. The summed E-state index contributed by atoms with van der Waals surface area (Å²) in [5.41, 5.74) is -0.0320. The van der Waals surface area contributed by atoms with Crippen LogP contribution in [-0.2, 0) is 4.74 Å². The highest BCUT2D eigenvalue weighted by Crippen LogP contribution is 2.15. The molecule has 1 aliphatic heterocycles. The van der Waals surface area contributed by atoms with Gasteiger partial charge in [-0.2, -0.15) is 5.26 Å². The van der Waals surface area contributed by atoms with Crippen molar-refractivity contribution in [1.29, 1.82) is 5.26 Å². The van der Waals surface area contributed by atoms with E-state index in [2.05, 4.69) is 36.6 Å². The van der Waals surface area contributed by atoms with Crippen LogP contribution in [0, 0.1) is 11.3 Å². The summed E-state index contributed by atoms with van der Waals surface area (Å²) >= 11 is 0. The van der Waals surface area contributed by atoms with Crippen LogP contribution in [0.15, 0.2) is 0 Å². The number of hydrogen-bond donors (Lipinski definition) is 0. The monoisotopic (exact) mass is 253 g/mol. The molecule has 18 heavy (non-hydrogen) atoms. The minimum Gasteiger partial charge on any atom is -0.379 e. The number of rotatable bonds is 6. The van der Waals surface area contributed by atoms with Crippen molar-refractivity contribution < 1.29 is 4.74 Å². The van der Waals surface area contributed by atoms with Gasteiger partial charge in [0.25, 0.3) is 0 Å². The molecular formula is C14H27N3O. The zero-order chi connectivity index (χ0) is 13.6. The lowest BCUT2D eigenvalue weighted by atomic mass is 10.0. The zero-order valence-electron chi connectivity index (χ0n) is 12.3. The molecule has 1 saturated heterocycles. The molecule has 0 bridgehead atoms. The standard InChI is InChI=1S/C14H27N3O/c1-5-13(12-15)17-10-8-16(9-11-17)7-6-14(2,3)18-4/h13H,5-11H2,1-4H3. The summed E-state index contributed by atoms with van der Waals surface area (Å²) in [5.74, 6) is 0. The average Bonchev–Trinajstić information content (AvgIpc) is 2.39. The van der Waals surface area contributed by atoms with Gasteiger partial charge in [0.2, 0.25) is 0 Å². The van der Waals surface area contributed by atoms with E-state index in [0.29, 0.717) is 0 Å². The van der Waals surface area contributed by atoms with Crippen LogP contribution in [0.2, 0.25) is 0 Å². The summed E-state index contributed by atoms with van der Waals surface area (Å²) in [6, 6.07) is 2.49. The first-order valence-electron chi connectivity index (χ1n) is 6.93. The molecule has 0 saturated carbocycles. The highest BCUT2D eigenvalue weighted by molar-refractivity contribution is 4.92. The second-order valence-corrected chi connectivity index (χ2v) is 5.64. The molecule has 1 unspecified atom stereocenters. The Balaban J connectivity index is 2.30. The average molecular weight is 253 g/mol. The number of nitriles is 1. The molecule has 0 N–H and O–H groups in total. The number of ether oxygens (including phenoxy) is 1. The van der Waals surface area contributed by atoms with Crippen molar-refractivity contribution >= 4 is 0 Å². The largest absolute Gasteiger partial charge is 0.379 e. The van der Waals surface area contributed by atoms with Crippen LogP contribution < -0.4 is 0 Å². The van der Waals surface area contributed by atoms with E-state index in [1.165, 1.54) is 0 Å². The number of methoxy groups -OCH3 is 1. The van der Waals surface area contributed by atoms with Crippen LogP contribution in [0.4, 0.5) is 0 Å². The fourth-order valence-corrected chi connectivity index (χ4v) is 2.26. The number of piperazine rings is 1. The summed E-state index contributed by atoms with van der Waals surface area (Å²) in [5, 5.41) is 9.06. The van der Waals surface area contributed by atoms with Crippen molar-refractivity contribution in [2.24, 2.45) is 0 Å². The van der Waals surface area contributed by atoms with Crippen molar-refractivity contribution in [2.75, 3.05) is 39.8 Å². The van der Waals surface area contributed by atoms with Gasteiger partial charge in [0.1, 0.15) is 0 Å². The van der Waals surface area contributed by atoms with E-state index in [1.54, 1.807) is 7.11 Å². The zero-order valence-corrected chi connectivity index (χ0v) is 12.3. The van der Waals surface area contributed by atoms with Crippen LogP contribution in [0.25, 0.3) is 0 Å². The Morgan fingerprint density at radius 2 is 1.89 bits per heavy atom. The van der Waals surface area contributed by atoms with Gasteiger partial charge in [-0.05, 0) is 26.7 Å². The fourth-order valence-electron chi connectivity index (χ4n) is 2.26. The first-order valence-corrected chi connectivity index (χ1v) is 6.93. The SMILES string of the molecule is CCC(C#N)N1CCN(CCC(C)(C)OC)CC1. The van der Waals surface area contributed by atoms with Crippen LogP contribution >= 0.6 is 0 Å². The minimum absolute atomic E-state index is 0.0320. The van der Waals surface area contributed by atoms with E-state index in [1.807, 2.05) is 0 Å². The Kier molecular flexibility index (Phi) is 6.07.